The number of carbonyl (C=O) groups is 1. The molecule has 0 saturated heterocycles. The molecule has 1 amide bonds. The Labute approximate surface area is 168 Å². The number of nitrogens with zero attached hydrogens (tertiary/aromatic N) is 1. The first kappa shape index (κ1) is 21.2. The zero-order valence-corrected chi connectivity index (χ0v) is 17.2. The lowest BCUT2D eigenvalue weighted by Gasteiger charge is -2.15. The molecule has 0 aliphatic heterocycles. The quantitative estimate of drug-likeness (QED) is 0.480. The summed E-state index contributed by atoms with van der Waals surface area (Å²) in [7, 11) is 0. The Hall–Kier alpha value is -3.06. The number of benzene rings is 2. The molecule has 0 bridgehead atoms. The van der Waals surface area contributed by atoms with E-state index in [1.54, 1.807) is 0 Å². The second-order valence-corrected chi connectivity index (χ2v) is 6.59. The molecule has 0 heterocycles. The van der Waals surface area contributed by atoms with Crippen molar-refractivity contribution in [2.75, 3.05) is 10.6 Å². The van der Waals surface area contributed by atoms with Crippen molar-refractivity contribution in [3.8, 4) is 6.07 Å². The number of para-hydroxylation sites is 2. The van der Waals surface area contributed by atoms with Crippen molar-refractivity contribution in [3.63, 3.8) is 0 Å². The number of amides is 1. The maximum atomic E-state index is 12.8. The molecule has 2 rings (SSSR count). The first-order valence-electron chi connectivity index (χ1n) is 9.99. The van der Waals surface area contributed by atoms with Crippen LogP contribution in [0.4, 0.5) is 11.4 Å². The number of carbonyl (C=O) groups excluding carboxylic acids is 1. The summed E-state index contributed by atoms with van der Waals surface area (Å²) in [6.07, 6.45) is 4.90. The van der Waals surface area contributed by atoms with Crippen LogP contribution in [-0.2, 0) is 30.5 Å². The molecule has 146 valence electrons. The molecule has 0 aromatic heterocycles. The topological polar surface area (TPSA) is 64.9 Å². The Morgan fingerprint density at radius 1 is 0.857 bits per heavy atom. The standard InChI is InChI=1S/C24H29N3O/c1-5-17-11-9-12-18(6-2)22(17)26-16-21(15-25)24(28)27-23-19(7-3)13-10-14-20(23)8-4/h9-14,16,26H,5-8H2,1-4H3,(H,27,28)/b21-16-. The highest BCUT2D eigenvalue weighted by molar-refractivity contribution is 6.07. The molecule has 4 nitrogen and oxygen atoms in total. The molecule has 0 fully saturated rings. The Morgan fingerprint density at radius 2 is 1.29 bits per heavy atom. The van der Waals surface area contributed by atoms with E-state index in [1.165, 1.54) is 6.20 Å². The van der Waals surface area contributed by atoms with Gasteiger partial charge in [-0.05, 0) is 47.9 Å². The van der Waals surface area contributed by atoms with E-state index in [0.29, 0.717) is 0 Å². The van der Waals surface area contributed by atoms with Gasteiger partial charge in [-0.3, -0.25) is 4.79 Å². The van der Waals surface area contributed by atoms with E-state index in [2.05, 4.69) is 50.5 Å². The van der Waals surface area contributed by atoms with Crippen LogP contribution in [-0.4, -0.2) is 5.91 Å². The maximum absolute atomic E-state index is 12.8. The van der Waals surface area contributed by atoms with Crippen LogP contribution in [0.1, 0.15) is 49.9 Å². The third kappa shape index (κ3) is 4.80. The second kappa shape index (κ2) is 10.3. The van der Waals surface area contributed by atoms with Crippen molar-refractivity contribution >= 4 is 17.3 Å². The zero-order chi connectivity index (χ0) is 20.5. The van der Waals surface area contributed by atoms with Gasteiger partial charge < -0.3 is 10.6 Å². The molecule has 4 heteroatoms. The molecule has 28 heavy (non-hydrogen) atoms. The Morgan fingerprint density at radius 3 is 1.68 bits per heavy atom. The van der Waals surface area contributed by atoms with Gasteiger partial charge in [0.1, 0.15) is 11.6 Å². The van der Waals surface area contributed by atoms with E-state index in [-0.39, 0.29) is 5.57 Å². The third-order valence-corrected chi connectivity index (χ3v) is 4.96. The summed E-state index contributed by atoms with van der Waals surface area (Å²) in [4.78, 5) is 12.8. The zero-order valence-electron chi connectivity index (χ0n) is 17.2. The molecule has 2 N–H and O–H groups in total. The smallest absolute Gasteiger partial charge is 0.267 e. The van der Waals surface area contributed by atoms with Crippen molar-refractivity contribution in [2.24, 2.45) is 0 Å². The molecule has 2 aromatic rings. The lowest BCUT2D eigenvalue weighted by molar-refractivity contribution is -0.112. The van der Waals surface area contributed by atoms with Gasteiger partial charge in [-0.2, -0.15) is 5.26 Å². The van der Waals surface area contributed by atoms with Crippen LogP contribution in [0.25, 0.3) is 0 Å². The van der Waals surface area contributed by atoms with Gasteiger partial charge in [0, 0.05) is 17.6 Å². The summed E-state index contributed by atoms with van der Waals surface area (Å²) >= 11 is 0. The van der Waals surface area contributed by atoms with Gasteiger partial charge in [0.25, 0.3) is 5.91 Å². The van der Waals surface area contributed by atoms with Crippen LogP contribution < -0.4 is 10.6 Å². The van der Waals surface area contributed by atoms with Crippen molar-refractivity contribution < 1.29 is 4.79 Å². The predicted molar refractivity (Wildman–Crippen MR) is 116 cm³/mol. The van der Waals surface area contributed by atoms with Crippen molar-refractivity contribution in [2.45, 2.75) is 53.4 Å². The highest BCUT2D eigenvalue weighted by Gasteiger charge is 2.14. The number of rotatable bonds is 8. The minimum absolute atomic E-state index is 0.0564. The maximum Gasteiger partial charge on any atom is 0.267 e. The van der Waals surface area contributed by atoms with Crippen LogP contribution in [0.5, 0.6) is 0 Å². The highest BCUT2D eigenvalue weighted by atomic mass is 16.1. The fourth-order valence-corrected chi connectivity index (χ4v) is 3.30. The van der Waals surface area contributed by atoms with E-state index in [4.69, 9.17) is 0 Å². The van der Waals surface area contributed by atoms with E-state index < -0.39 is 5.91 Å². The Balaban J connectivity index is 2.30. The molecular weight excluding hydrogens is 346 g/mol. The predicted octanol–water partition coefficient (Wildman–Crippen LogP) is 5.39. The molecule has 0 aliphatic rings. The molecule has 2 aromatic carbocycles. The number of hydrogen-bond acceptors (Lipinski definition) is 3. The fraction of sp³-hybridized carbons (Fsp3) is 0.333. The Bertz CT molecular complexity index is 862. The number of anilines is 2. The van der Waals surface area contributed by atoms with Gasteiger partial charge in [-0.25, -0.2) is 0 Å². The van der Waals surface area contributed by atoms with Crippen LogP contribution in [0.2, 0.25) is 0 Å². The van der Waals surface area contributed by atoms with E-state index in [1.807, 2.05) is 30.3 Å². The van der Waals surface area contributed by atoms with Crippen LogP contribution in [0, 0.1) is 11.3 Å². The minimum Gasteiger partial charge on any atom is -0.360 e. The van der Waals surface area contributed by atoms with Crippen molar-refractivity contribution in [1.82, 2.24) is 0 Å². The normalized spacial score (nSPS) is 11.0. The average molecular weight is 376 g/mol. The number of aryl methyl sites for hydroxylation is 4. The molecule has 0 spiro atoms. The van der Waals surface area contributed by atoms with Crippen LogP contribution >= 0.6 is 0 Å². The molecule has 0 radical (unpaired) electrons. The number of nitriles is 1. The first-order chi connectivity index (χ1) is 13.6. The van der Waals surface area contributed by atoms with Gasteiger partial charge in [0.15, 0.2) is 0 Å². The van der Waals surface area contributed by atoms with Crippen molar-refractivity contribution in [1.29, 1.82) is 5.26 Å². The summed E-state index contributed by atoms with van der Waals surface area (Å²) < 4.78 is 0. The summed E-state index contributed by atoms with van der Waals surface area (Å²) in [5.41, 5.74) is 6.33. The van der Waals surface area contributed by atoms with E-state index >= 15 is 0 Å². The molecule has 0 atom stereocenters. The monoisotopic (exact) mass is 375 g/mol. The van der Waals surface area contributed by atoms with Gasteiger partial charge in [0.2, 0.25) is 0 Å². The summed E-state index contributed by atoms with van der Waals surface area (Å²) in [5.74, 6) is -0.391. The number of hydrogen-bond donors (Lipinski definition) is 2. The van der Waals surface area contributed by atoms with E-state index in [9.17, 15) is 10.1 Å². The fourth-order valence-electron chi connectivity index (χ4n) is 3.30. The molecule has 0 aliphatic carbocycles. The second-order valence-electron chi connectivity index (χ2n) is 6.59. The third-order valence-electron chi connectivity index (χ3n) is 4.96. The summed E-state index contributed by atoms with van der Waals surface area (Å²) in [5, 5.41) is 15.7. The lowest BCUT2D eigenvalue weighted by atomic mass is 10.0. The molecule has 0 unspecified atom stereocenters. The first-order valence-corrected chi connectivity index (χ1v) is 9.99. The summed E-state index contributed by atoms with van der Waals surface area (Å²) in [6.45, 7) is 8.30. The van der Waals surface area contributed by atoms with Gasteiger partial charge in [-0.1, -0.05) is 64.1 Å². The van der Waals surface area contributed by atoms with Gasteiger partial charge in [-0.15, -0.1) is 0 Å². The van der Waals surface area contributed by atoms with Crippen molar-refractivity contribution in [3.05, 3.63) is 70.4 Å². The van der Waals surface area contributed by atoms with E-state index in [0.717, 1.165) is 59.3 Å². The molecule has 0 saturated carbocycles. The molecular formula is C24H29N3O. The van der Waals surface area contributed by atoms with Crippen LogP contribution in [0.3, 0.4) is 0 Å². The largest absolute Gasteiger partial charge is 0.360 e. The lowest BCUT2D eigenvalue weighted by Crippen LogP contribution is -2.17. The highest BCUT2D eigenvalue weighted by Crippen LogP contribution is 2.24. The van der Waals surface area contributed by atoms with Gasteiger partial charge in [0.05, 0.1) is 0 Å². The minimum atomic E-state index is -0.391. The average Bonchev–Trinajstić information content (AvgIpc) is 2.74. The SMILES string of the molecule is CCc1cccc(CC)c1N/C=C(/C#N)C(=O)Nc1c(CC)cccc1CC. The van der Waals surface area contributed by atoms with Gasteiger partial charge >= 0.3 is 0 Å². The number of nitrogens with one attached hydrogen (secondary N) is 2. The Kier molecular flexibility index (Phi) is 7.83. The summed E-state index contributed by atoms with van der Waals surface area (Å²) in [6, 6.07) is 14.2. The van der Waals surface area contributed by atoms with Crippen LogP contribution in [0.15, 0.2) is 48.2 Å².